The number of hydrogen-bond donors (Lipinski definition) is 5. The number of H-pyrrole nitrogens is 2. The summed E-state index contributed by atoms with van der Waals surface area (Å²) in [5.41, 5.74) is 2.04. The van der Waals surface area contributed by atoms with Gasteiger partial charge in [-0.25, -0.2) is 31.7 Å². The van der Waals surface area contributed by atoms with Gasteiger partial charge in [-0.1, -0.05) is 18.2 Å². The van der Waals surface area contributed by atoms with Gasteiger partial charge in [0.25, 0.3) is 0 Å². The lowest BCUT2D eigenvalue weighted by atomic mass is 9.98. The summed E-state index contributed by atoms with van der Waals surface area (Å²) >= 11 is 0. The Balaban J connectivity index is 1.82. The Morgan fingerprint density at radius 1 is 1.09 bits per heavy atom. The van der Waals surface area contributed by atoms with Crippen LogP contribution >= 0.6 is 0 Å². The second-order valence-corrected chi connectivity index (χ2v) is 10.7. The van der Waals surface area contributed by atoms with Crippen molar-refractivity contribution in [2.45, 2.75) is 22.3 Å². The van der Waals surface area contributed by atoms with Crippen LogP contribution in [-0.4, -0.2) is 66.6 Å². The van der Waals surface area contributed by atoms with Crippen LogP contribution in [0.4, 0.5) is 0 Å². The van der Waals surface area contributed by atoms with E-state index in [1.807, 2.05) is 0 Å². The summed E-state index contributed by atoms with van der Waals surface area (Å²) in [6.07, 6.45) is 2.07. The number of hydrogen-bond acceptors (Lipinski definition) is 9. The predicted octanol–water partition coefficient (Wildman–Crippen LogP) is -0.302. The fourth-order valence-electron chi connectivity index (χ4n) is 3.99. The Labute approximate surface area is 188 Å². The highest BCUT2D eigenvalue weighted by molar-refractivity contribution is 7.92. The Morgan fingerprint density at radius 2 is 1.94 bits per heavy atom. The normalized spacial score (nSPS) is 17.1. The Kier molecular flexibility index (Phi) is 5.21. The number of fused-ring (bicyclic) bond motifs is 1. The number of para-hydroxylation sites is 1. The fourth-order valence-corrected chi connectivity index (χ4v) is 6.86. The van der Waals surface area contributed by atoms with Gasteiger partial charge in [0, 0.05) is 18.2 Å². The predicted molar refractivity (Wildman–Crippen MR) is 118 cm³/mol. The molecule has 0 radical (unpaired) electrons. The minimum atomic E-state index is -4.56. The number of nitrogens with one attached hydrogen (secondary N) is 4. The maximum Gasteiger partial charge on any atom is 0.242 e. The molecular formula is C18H19N9O4S2. The lowest BCUT2D eigenvalue weighted by Crippen LogP contribution is -2.37. The molecule has 0 aliphatic carbocycles. The van der Waals surface area contributed by atoms with E-state index in [2.05, 4.69) is 40.6 Å². The molecule has 33 heavy (non-hydrogen) atoms. The van der Waals surface area contributed by atoms with E-state index in [4.69, 9.17) is 5.14 Å². The van der Waals surface area contributed by atoms with E-state index in [1.54, 1.807) is 18.2 Å². The third kappa shape index (κ3) is 3.89. The van der Waals surface area contributed by atoms with Gasteiger partial charge >= 0.3 is 0 Å². The molecule has 4 aromatic rings. The van der Waals surface area contributed by atoms with Crippen LogP contribution in [0.25, 0.3) is 33.5 Å². The van der Waals surface area contributed by atoms with Crippen molar-refractivity contribution in [3.63, 3.8) is 0 Å². The van der Waals surface area contributed by atoms with Crippen molar-refractivity contribution in [3.8, 4) is 22.5 Å². The van der Waals surface area contributed by atoms with Crippen molar-refractivity contribution in [2.75, 3.05) is 13.1 Å². The molecule has 1 atom stereocenters. The summed E-state index contributed by atoms with van der Waals surface area (Å²) in [6.45, 7) is 1.08. The molecule has 3 heterocycles. The number of tetrazole rings is 1. The van der Waals surface area contributed by atoms with Crippen molar-refractivity contribution < 1.29 is 16.8 Å². The number of aromatic nitrogens is 6. The van der Waals surface area contributed by atoms with Gasteiger partial charge < -0.3 is 10.3 Å². The highest BCUT2D eigenvalue weighted by atomic mass is 32.2. The van der Waals surface area contributed by atoms with Gasteiger partial charge in [0.2, 0.25) is 25.9 Å². The van der Waals surface area contributed by atoms with Gasteiger partial charge in [-0.15, -0.1) is 10.2 Å². The molecule has 0 bridgehead atoms. The number of sulfonamides is 2. The van der Waals surface area contributed by atoms with E-state index in [0.717, 1.165) is 0 Å². The Morgan fingerprint density at radius 3 is 2.64 bits per heavy atom. The molecular weight excluding hydrogens is 470 g/mol. The molecule has 172 valence electrons. The minimum Gasteiger partial charge on any atom is -0.345 e. The van der Waals surface area contributed by atoms with Gasteiger partial charge in [0.05, 0.1) is 22.9 Å². The van der Waals surface area contributed by atoms with E-state index in [9.17, 15) is 16.8 Å². The Bertz CT molecular complexity index is 1540. The van der Waals surface area contributed by atoms with Gasteiger partial charge in [0.1, 0.15) is 9.79 Å². The highest BCUT2D eigenvalue weighted by Gasteiger charge is 2.34. The number of nitrogens with zero attached hydrogens (tertiary/aromatic N) is 4. The average molecular weight is 490 g/mol. The number of aromatic amines is 2. The molecule has 1 unspecified atom stereocenters. The average Bonchev–Trinajstić information content (AvgIpc) is 3.53. The van der Waals surface area contributed by atoms with Crippen LogP contribution in [-0.2, 0) is 20.0 Å². The highest BCUT2D eigenvalue weighted by Crippen LogP contribution is 2.40. The molecule has 1 aliphatic heterocycles. The van der Waals surface area contributed by atoms with Crippen molar-refractivity contribution in [1.29, 1.82) is 0 Å². The quantitative estimate of drug-likeness (QED) is 0.241. The maximum absolute atomic E-state index is 13.3. The molecule has 1 aliphatic rings. The second-order valence-electron chi connectivity index (χ2n) is 7.51. The molecule has 0 spiro atoms. The topological polar surface area (TPSA) is 202 Å². The van der Waals surface area contributed by atoms with Crippen molar-refractivity contribution >= 4 is 31.1 Å². The van der Waals surface area contributed by atoms with Crippen LogP contribution in [0.1, 0.15) is 6.42 Å². The van der Waals surface area contributed by atoms with E-state index >= 15 is 0 Å². The van der Waals surface area contributed by atoms with Crippen molar-refractivity contribution in [3.05, 3.63) is 36.7 Å². The molecule has 2 aromatic heterocycles. The summed E-state index contributed by atoms with van der Waals surface area (Å²) in [6, 6.07) is 7.62. The van der Waals surface area contributed by atoms with Crippen LogP contribution in [0.2, 0.25) is 0 Å². The SMILES string of the molecule is NS(=O)(=O)c1c(S(=O)(=O)NC2CCNC2)ccc(-c2cccc3[nH]cnc23)c1-c1nn[nH]n1. The van der Waals surface area contributed by atoms with Gasteiger partial charge in [-0.2, -0.15) is 5.21 Å². The first kappa shape index (κ1) is 21.6. The standard InChI is InChI=1S/C18H19N9O4S2/c19-32(28,29)17-14(33(30,31)25-10-6-7-20-8-10)5-4-11(15(17)18-23-26-27-24-18)12-2-1-3-13-16(12)22-9-21-13/h1-5,9-10,20,25H,6-8H2,(H,21,22)(H2,19,28,29)(H,23,24,26,27). The first-order valence-electron chi connectivity index (χ1n) is 9.85. The van der Waals surface area contributed by atoms with Crippen molar-refractivity contribution in [2.24, 2.45) is 5.14 Å². The second kappa shape index (κ2) is 7.96. The first-order chi connectivity index (χ1) is 15.8. The zero-order valence-electron chi connectivity index (χ0n) is 17.0. The smallest absolute Gasteiger partial charge is 0.242 e. The zero-order valence-corrected chi connectivity index (χ0v) is 18.6. The van der Waals surface area contributed by atoms with E-state index < -0.39 is 29.8 Å². The van der Waals surface area contributed by atoms with Crippen LogP contribution in [0.15, 0.2) is 46.5 Å². The molecule has 6 N–H and O–H groups in total. The summed E-state index contributed by atoms with van der Waals surface area (Å²) in [5.74, 6) is -0.124. The number of benzene rings is 2. The third-order valence-electron chi connectivity index (χ3n) is 5.39. The number of nitrogens with two attached hydrogens (primary N) is 1. The van der Waals surface area contributed by atoms with E-state index in [0.29, 0.717) is 41.7 Å². The van der Waals surface area contributed by atoms with Crippen LogP contribution in [0.3, 0.4) is 0 Å². The number of rotatable bonds is 6. The molecule has 2 aromatic carbocycles. The molecule has 1 saturated heterocycles. The van der Waals surface area contributed by atoms with Crippen LogP contribution in [0, 0.1) is 0 Å². The van der Waals surface area contributed by atoms with Crippen LogP contribution in [0.5, 0.6) is 0 Å². The number of primary sulfonamides is 1. The maximum atomic E-state index is 13.3. The number of imidazole rings is 1. The first-order valence-corrected chi connectivity index (χ1v) is 12.9. The molecule has 1 fully saturated rings. The molecule has 13 nitrogen and oxygen atoms in total. The third-order valence-corrected chi connectivity index (χ3v) is 8.07. The summed E-state index contributed by atoms with van der Waals surface area (Å²) in [5, 5.41) is 22.3. The zero-order chi connectivity index (χ0) is 23.2. The van der Waals surface area contributed by atoms with E-state index in [-0.39, 0.29) is 17.4 Å². The molecule has 0 amide bonds. The van der Waals surface area contributed by atoms with Crippen molar-refractivity contribution in [1.82, 2.24) is 40.6 Å². The molecule has 15 heteroatoms. The fraction of sp³-hybridized carbons (Fsp3) is 0.222. The van der Waals surface area contributed by atoms with E-state index in [1.165, 1.54) is 18.5 Å². The molecule has 0 saturated carbocycles. The van der Waals surface area contributed by atoms with Gasteiger partial charge in [0.15, 0.2) is 0 Å². The summed E-state index contributed by atoms with van der Waals surface area (Å²) in [7, 11) is -8.82. The molecule has 5 rings (SSSR count). The minimum absolute atomic E-state index is 0.0887. The summed E-state index contributed by atoms with van der Waals surface area (Å²) < 4.78 is 54.7. The monoisotopic (exact) mass is 489 g/mol. The lowest BCUT2D eigenvalue weighted by Gasteiger charge is -2.18. The van der Waals surface area contributed by atoms with Gasteiger partial charge in [-0.05, 0) is 35.9 Å². The summed E-state index contributed by atoms with van der Waals surface area (Å²) in [4.78, 5) is 6.19. The lowest BCUT2D eigenvalue weighted by molar-refractivity contribution is 0.555. The van der Waals surface area contributed by atoms with Gasteiger partial charge in [-0.3, -0.25) is 0 Å². The van der Waals surface area contributed by atoms with Crippen LogP contribution < -0.4 is 15.2 Å². The largest absolute Gasteiger partial charge is 0.345 e. The Hall–Kier alpha value is -3.24.